The van der Waals surface area contributed by atoms with Crippen LogP contribution in [0.2, 0.25) is 0 Å². The van der Waals surface area contributed by atoms with E-state index in [4.69, 9.17) is 5.73 Å². The molecule has 0 radical (unpaired) electrons. The maximum absolute atomic E-state index is 6.13. The van der Waals surface area contributed by atoms with E-state index >= 15 is 0 Å². The van der Waals surface area contributed by atoms with E-state index in [-0.39, 0.29) is 5.54 Å². The molecule has 2 heteroatoms. The molecule has 0 aliphatic carbocycles. The van der Waals surface area contributed by atoms with Crippen molar-refractivity contribution in [3.63, 3.8) is 0 Å². The summed E-state index contributed by atoms with van der Waals surface area (Å²) in [7, 11) is 0. The Hall–Kier alpha value is -0.0800. The summed E-state index contributed by atoms with van der Waals surface area (Å²) in [4.78, 5) is 2.70. The Labute approximate surface area is 121 Å². The largest absolute Gasteiger partial charge is 0.329 e. The van der Waals surface area contributed by atoms with Gasteiger partial charge in [0.1, 0.15) is 0 Å². The van der Waals surface area contributed by atoms with E-state index < -0.39 is 0 Å². The average molecular weight is 268 g/mol. The highest BCUT2D eigenvalue weighted by atomic mass is 15.2. The topological polar surface area (TPSA) is 29.3 Å². The Bertz CT molecular complexity index is 209. The van der Waals surface area contributed by atoms with Crippen LogP contribution in [-0.2, 0) is 0 Å². The van der Waals surface area contributed by atoms with Gasteiger partial charge in [-0.2, -0.15) is 0 Å². The lowest BCUT2D eigenvalue weighted by molar-refractivity contribution is 0.0884. The molecule has 1 rings (SSSR count). The Morgan fingerprint density at radius 2 is 1.47 bits per heavy atom. The van der Waals surface area contributed by atoms with Crippen molar-refractivity contribution in [1.29, 1.82) is 0 Å². The smallest absolute Gasteiger partial charge is 0.0303 e. The van der Waals surface area contributed by atoms with Crippen LogP contribution >= 0.6 is 0 Å². The van der Waals surface area contributed by atoms with Gasteiger partial charge in [0.15, 0.2) is 0 Å². The van der Waals surface area contributed by atoms with Crippen LogP contribution < -0.4 is 5.73 Å². The molecule has 0 aromatic carbocycles. The predicted octanol–water partition coefficient (Wildman–Crippen LogP) is 4.33. The number of unbranched alkanes of at least 4 members (excludes halogenated alkanes) is 4. The minimum absolute atomic E-state index is 0.254. The summed E-state index contributed by atoms with van der Waals surface area (Å²) >= 11 is 0. The first-order valence-electron chi connectivity index (χ1n) is 8.68. The molecule has 1 unspecified atom stereocenters. The van der Waals surface area contributed by atoms with E-state index in [9.17, 15) is 0 Å². The SMILES string of the molecule is CCCCCCCC(C)(CN)N1CCCCCCC1. The number of rotatable bonds is 8. The summed E-state index contributed by atoms with van der Waals surface area (Å²) < 4.78 is 0. The number of nitrogens with two attached hydrogens (primary N) is 1. The molecule has 0 spiro atoms. The van der Waals surface area contributed by atoms with E-state index in [0.29, 0.717) is 0 Å². The van der Waals surface area contributed by atoms with Crippen molar-refractivity contribution in [2.24, 2.45) is 5.73 Å². The van der Waals surface area contributed by atoms with Crippen LogP contribution in [0.3, 0.4) is 0 Å². The number of hydrogen-bond acceptors (Lipinski definition) is 2. The average Bonchev–Trinajstić information content (AvgIpc) is 2.37. The van der Waals surface area contributed by atoms with E-state index in [2.05, 4.69) is 18.7 Å². The van der Waals surface area contributed by atoms with Gasteiger partial charge in [-0.15, -0.1) is 0 Å². The maximum atomic E-state index is 6.13. The molecule has 2 N–H and O–H groups in total. The summed E-state index contributed by atoms with van der Waals surface area (Å²) in [5.74, 6) is 0. The first-order valence-corrected chi connectivity index (χ1v) is 8.68. The first-order chi connectivity index (χ1) is 9.23. The second-order valence-corrected chi connectivity index (χ2v) is 6.62. The van der Waals surface area contributed by atoms with Gasteiger partial charge in [-0.05, 0) is 39.3 Å². The third-order valence-corrected chi connectivity index (χ3v) is 4.88. The minimum Gasteiger partial charge on any atom is -0.329 e. The first kappa shape index (κ1) is 17.0. The molecule has 0 aromatic rings. The van der Waals surface area contributed by atoms with Crippen molar-refractivity contribution in [1.82, 2.24) is 4.90 Å². The van der Waals surface area contributed by atoms with E-state index in [0.717, 1.165) is 6.54 Å². The third-order valence-electron chi connectivity index (χ3n) is 4.88. The van der Waals surface area contributed by atoms with Gasteiger partial charge < -0.3 is 5.73 Å². The van der Waals surface area contributed by atoms with Crippen LogP contribution in [0.15, 0.2) is 0 Å². The lowest BCUT2D eigenvalue weighted by atomic mass is 9.90. The zero-order valence-electron chi connectivity index (χ0n) is 13.4. The van der Waals surface area contributed by atoms with Crippen LogP contribution in [0.1, 0.15) is 84.5 Å². The van der Waals surface area contributed by atoms with Gasteiger partial charge in [-0.1, -0.05) is 58.3 Å². The Morgan fingerprint density at radius 1 is 0.895 bits per heavy atom. The molecule has 1 saturated heterocycles. The lowest BCUT2D eigenvalue weighted by Gasteiger charge is -2.42. The normalized spacial score (nSPS) is 21.6. The highest BCUT2D eigenvalue weighted by molar-refractivity contribution is 4.87. The Balaban J connectivity index is 2.37. The van der Waals surface area contributed by atoms with Crippen molar-refractivity contribution in [3.05, 3.63) is 0 Å². The number of nitrogens with zero attached hydrogens (tertiary/aromatic N) is 1. The van der Waals surface area contributed by atoms with Crippen molar-refractivity contribution < 1.29 is 0 Å². The number of likely N-dealkylation sites (tertiary alicyclic amines) is 1. The lowest BCUT2D eigenvalue weighted by Crippen LogP contribution is -2.52. The van der Waals surface area contributed by atoms with Crippen molar-refractivity contribution >= 4 is 0 Å². The van der Waals surface area contributed by atoms with Gasteiger partial charge in [0.25, 0.3) is 0 Å². The molecular weight excluding hydrogens is 232 g/mol. The van der Waals surface area contributed by atoms with Crippen LogP contribution in [0.5, 0.6) is 0 Å². The van der Waals surface area contributed by atoms with Crippen molar-refractivity contribution in [2.75, 3.05) is 19.6 Å². The summed E-state index contributed by atoms with van der Waals surface area (Å²) in [5, 5.41) is 0. The van der Waals surface area contributed by atoms with Gasteiger partial charge >= 0.3 is 0 Å². The fraction of sp³-hybridized carbons (Fsp3) is 1.00. The van der Waals surface area contributed by atoms with Gasteiger partial charge in [0.05, 0.1) is 0 Å². The molecule has 1 aliphatic heterocycles. The third kappa shape index (κ3) is 6.27. The van der Waals surface area contributed by atoms with Crippen LogP contribution in [0.4, 0.5) is 0 Å². The molecule has 0 aromatic heterocycles. The van der Waals surface area contributed by atoms with Gasteiger partial charge in [-0.25, -0.2) is 0 Å². The summed E-state index contributed by atoms with van der Waals surface area (Å²) in [6.45, 7) is 8.03. The maximum Gasteiger partial charge on any atom is 0.0303 e. The minimum atomic E-state index is 0.254. The standard InChI is InChI=1S/C17H36N2/c1-3-4-5-7-10-13-17(2,16-18)19-14-11-8-6-9-12-15-19/h3-16,18H2,1-2H3. The second kappa shape index (κ2) is 9.77. The van der Waals surface area contributed by atoms with E-state index in [1.54, 1.807) is 0 Å². The molecule has 19 heavy (non-hydrogen) atoms. The molecule has 114 valence electrons. The van der Waals surface area contributed by atoms with Crippen LogP contribution in [0.25, 0.3) is 0 Å². The summed E-state index contributed by atoms with van der Waals surface area (Å²) in [6, 6.07) is 0. The summed E-state index contributed by atoms with van der Waals surface area (Å²) in [5.41, 5.74) is 6.38. The van der Waals surface area contributed by atoms with Crippen LogP contribution in [-0.4, -0.2) is 30.1 Å². The molecular formula is C17H36N2. The molecule has 0 bridgehead atoms. The quantitative estimate of drug-likeness (QED) is 0.664. The van der Waals surface area contributed by atoms with E-state index in [1.807, 2.05) is 0 Å². The van der Waals surface area contributed by atoms with Crippen molar-refractivity contribution in [2.45, 2.75) is 90.0 Å². The molecule has 2 nitrogen and oxygen atoms in total. The molecule has 1 fully saturated rings. The fourth-order valence-corrected chi connectivity index (χ4v) is 3.29. The predicted molar refractivity (Wildman–Crippen MR) is 85.5 cm³/mol. The summed E-state index contributed by atoms with van der Waals surface area (Å²) in [6.07, 6.45) is 15.1. The molecule has 0 saturated carbocycles. The van der Waals surface area contributed by atoms with Gasteiger partial charge in [0.2, 0.25) is 0 Å². The highest BCUT2D eigenvalue weighted by Gasteiger charge is 2.29. The molecule has 1 atom stereocenters. The van der Waals surface area contributed by atoms with Crippen LogP contribution in [0, 0.1) is 0 Å². The highest BCUT2D eigenvalue weighted by Crippen LogP contribution is 2.25. The zero-order valence-corrected chi connectivity index (χ0v) is 13.4. The van der Waals surface area contributed by atoms with Gasteiger partial charge in [-0.3, -0.25) is 4.90 Å². The molecule has 1 aliphatic rings. The molecule has 0 amide bonds. The Morgan fingerprint density at radius 3 is 2.05 bits per heavy atom. The number of hydrogen-bond donors (Lipinski definition) is 1. The zero-order chi connectivity index (χ0) is 14.0. The van der Waals surface area contributed by atoms with Gasteiger partial charge in [0, 0.05) is 12.1 Å². The fourth-order valence-electron chi connectivity index (χ4n) is 3.29. The van der Waals surface area contributed by atoms with Crippen molar-refractivity contribution in [3.8, 4) is 0 Å². The Kier molecular flexibility index (Phi) is 8.72. The van der Waals surface area contributed by atoms with E-state index in [1.165, 1.54) is 83.7 Å². The second-order valence-electron chi connectivity index (χ2n) is 6.62. The molecule has 1 heterocycles. The monoisotopic (exact) mass is 268 g/mol.